The van der Waals surface area contributed by atoms with E-state index in [4.69, 9.17) is 0 Å². The van der Waals surface area contributed by atoms with Crippen molar-refractivity contribution in [3.8, 4) is 0 Å². The van der Waals surface area contributed by atoms with E-state index in [1.54, 1.807) is 12.1 Å². The highest BCUT2D eigenvalue weighted by Crippen LogP contribution is 2.31. The molecule has 4 rings (SSSR count). The Morgan fingerprint density at radius 1 is 1.12 bits per heavy atom. The van der Waals surface area contributed by atoms with Gasteiger partial charge in [0.25, 0.3) is 6.43 Å². The lowest BCUT2D eigenvalue weighted by Gasteiger charge is -2.29. The summed E-state index contributed by atoms with van der Waals surface area (Å²) in [6.45, 7) is 5.08. The molecular formula is C20H20F2N4. The zero-order valence-corrected chi connectivity index (χ0v) is 14.5. The smallest absolute Gasteiger partial charge is 0.297 e. The second-order valence-electron chi connectivity index (χ2n) is 6.44. The zero-order chi connectivity index (χ0) is 18.1. The number of alkyl halides is 2. The van der Waals surface area contributed by atoms with Crippen LogP contribution in [0.15, 0.2) is 42.5 Å². The molecule has 4 nitrogen and oxygen atoms in total. The summed E-state index contributed by atoms with van der Waals surface area (Å²) >= 11 is 0. The second-order valence-corrected chi connectivity index (χ2v) is 6.44. The highest BCUT2D eigenvalue weighted by atomic mass is 19.3. The van der Waals surface area contributed by atoms with Crippen molar-refractivity contribution < 1.29 is 8.78 Å². The van der Waals surface area contributed by atoms with Crippen LogP contribution in [0.1, 0.15) is 30.3 Å². The molecule has 1 aromatic heterocycles. The van der Waals surface area contributed by atoms with Crippen molar-refractivity contribution in [1.29, 1.82) is 0 Å². The van der Waals surface area contributed by atoms with Gasteiger partial charge in [0.1, 0.15) is 5.82 Å². The number of hydrogen-bond acceptors (Lipinski definition) is 4. The monoisotopic (exact) mass is 354 g/mol. The van der Waals surface area contributed by atoms with E-state index in [9.17, 15) is 8.78 Å². The molecule has 0 atom stereocenters. The van der Waals surface area contributed by atoms with Gasteiger partial charge in [-0.2, -0.15) is 0 Å². The predicted octanol–water partition coefficient (Wildman–Crippen LogP) is 4.69. The third kappa shape index (κ3) is 3.12. The lowest BCUT2D eigenvalue weighted by Crippen LogP contribution is -2.30. The van der Waals surface area contributed by atoms with Gasteiger partial charge in [0.05, 0.1) is 5.52 Å². The van der Waals surface area contributed by atoms with Crippen LogP contribution < -0.4 is 5.32 Å². The summed E-state index contributed by atoms with van der Waals surface area (Å²) in [5, 5.41) is 4.04. The quantitative estimate of drug-likeness (QED) is 0.738. The number of halogens is 2. The minimum absolute atomic E-state index is 0.428. The Morgan fingerprint density at radius 3 is 2.77 bits per heavy atom. The summed E-state index contributed by atoms with van der Waals surface area (Å²) in [4.78, 5) is 10.5. The third-order valence-corrected chi connectivity index (χ3v) is 4.86. The summed E-state index contributed by atoms with van der Waals surface area (Å²) in [7, 11) is 0. The van der Waals surface area contributed by atoms with Gasteiger partial charge in [-0.1, -0.05) is 31.2 Å². The summed E-state index contributed by atoms with van der Waals surface area (Å²) in [5.74, 6) is -0.0228. The largest absolute Gasteiger partial charge is 0.339 e. The summed E-state index contributed by atoms with van der Waals surface area (Å²) in [6, 6.07) is 13.3. The molecule has 0 saturated carbocycles. The van der Waals surface area contributed by atoms with Crippen molar-refractivity contribution in [1.82, 2.24) is 14.9 Å². The van der Waals surface area contributed by atoms with Gasteiger partial charge in [-0.3, -0.25) is 4.90 Å². The molecule has 0 bridgehead atoms. The lowest BCUT2D eigenvalue weighted by molar-refractivity contribution is 0.141. The molecule has 1 aliphatic rings. The topological polar surface area (TPSA) is 41.0 Å². The van der Waals surface area contributed by atoms with Crippen molar-refractivity contribution in [2.24, 2.45) is 0 Å². The number of anilines is 2. The first-order valence-electron chi connectivity index (χ1n) is 8.80. The molecule has 0 radical (unpaired) electrons. The second kappa shape index (κ2) is 6.96. The average Bonchev–Trinajstić information content (AvgIpc) is 2.67. The van der Waals surface area contributed by atoms with Gasteiger partial charge in [0.15, 0.2) is 5.82 Å². The van der Waals surface area contributed by atoms with E-state index in [0.29, 0.717) is 11.3 Å². The highest BCUT2D eigenvalue weighted by molar-refractivity contribution is 5.91. The fourth-order valence-electron chi connectivity index (χ4n) is 3.47. The molecule has 0 spiro atoms. The Labute approximate surface area is 150 Å². The minimum atomic E-state index is -2.71. The number of para-hydroxylation sites is 1. The molecule has 26 heavy (non-hydrogen) atoms. The number of rotatable bonds is 4. The van der Waals surface area contributed by atoms with Crippen LogP contribution in [-0.2, 0) is 13.0 Å². The van der Waals surface area contributed by atoms with Crippen LogP contribution in [0, 0.1) is 0 Å². The van der Waals surface area contributed by atoms with Crippen LogP contribution in [0.4, 0.5) is 20.3 Å². The predicted molar refractivity (Wildman–Crippen MR) is 98.9 cm³/mol. The Morgan fingerprint density at radius 2 is 1.96 bits per heavy atom. The Bertz CT molecular complexity index is 942. The Hall–Kier alpha value is -2.60. The van der Waals surface area contributed by atoms with Gasteiger partial charge in [-0.25, -0.2) is 18.7 Å². The molecule has 2 aromatic carbocycles. The summed E-state index contributed by atoms with van der Waals surface area (Å²) < 4.78 is 26.4. The van der Waals surface area contributed by atoms with Crippen molar-refractivity contribution in [2.75, 3.05) is 18.4 Å². The first-order valence-corrected chi connectivity index (χ1v) is 8.80. The third-order valence-electron chi connectivity index (χ3n) is 4.86. The minimum Gasteiger partial charge on any atom is -0.339 e. The fourth-order valence-corrected chi connectivity index (χ4v) is 3.47. The molecule has 6 heteroatoms. The number of nitrogens with one attached hydrogen (secondary N) is 1. The Balaban J connectivity index is 1.77. The molecule has 0 saturated heterocycles. The summed E-state index contributed by atoms with van der Waals surface area (Å²) in [5.41, 5.74) is 3.96. The molecule has 1 aliphatic heterocycles. The standard InChI is InChI=1S/C20H20F2N4/c1-2-26-11-10-14-13(12-26)6-5-9-16(14)23-19-15-7-3-4-8-17(15)24-20(25-19)18(21)22/h3-9,18H,2,10-12H2,1H3,(H,23,24,25). The van der Waals surface area contributed by atoms with E-state index in [0.717, 1.165) is 37.1 Å². The Kier molecular flexibility index (Phi) is 4.51. The van der Waals surface area contributed by atoms with Crippen LogP contribution in [0.3, 0.4) is 0 Å². The molecule has 2 heterocycles. The number of likely N-dealkylation sites (N-methyl/N-ethyl adjacent to an activating group) is 1. The van der Waals surface area contributed by atoms with E-state index >= 15 is 0 Å². The van der Waals surface area contributed by atoms with Gasteiger partial charge < -0.3 is 5.32 Å². The van der Waals surface area contributed by atoms with Gasteiger partial charge in [-0.05, 0) is 42.3 Å². The van der Waals surface area contributed by atoms with Gasteiger partial charge in [0, 0.05) is 24.2 Å². The molecule has 1 N–H and O–H groups in total. The molecule has 134 valence electrons. The number of hydrogen-bond donors (Lipinski definition) is 1. The first-order chi connectivity index (χ1) is 12.7. The number of benzene rings is 2. The maximum atomic E-state index is 13.2. The molecule has 0 aliphatic carbocycles. The van der Waals surface area contributed by atoms with Crippen LogP contribution in [0.2, 0.25) is 0 Å². The molecule has 0 unspecified atom stereocenters. The molecule has 3 aromatic rings. The average molecular weight is 354 g/mol. The van der Waals surface area contributed by atoms with E-state index in [-0.39, 0.29) is 0 Å². The van der Waals surface area contributed by atoms with Crippen LogP contribution in [-0.4, -0.2) is 28.0 Å². The maximum Gasteiger partial charge on any atom is 0.297 e. The van der Waals surface area contributed by atoms with E-state index in [1.807, 2.05) is 24.3 Å². The summed E-state index contributed by atoms with van der Waals surface area (Å²) in [6.07, 6.45) is -1.78. The van der Waals surface area contributed by atoms with E-state index in [1.165, 1.54) is 11.1 Å². The fraction of sp³-hybridized carbons (Fsp3) is 0.300. The van der Waals surface area contributed by atoms with Gasteiger partial charge in [-0.15, -0.1) is 0 Å². The normalized spacial score (nSPS) is 14.6. The zero-order valence-electron chi connectivity index (χ0n) is 14.5. The number of nitrogens with zero attached hydrogens (tertiary/aromatic N) is 3. The maximum absolute atomic E-state index is 13.2. The van der Waals surface area contributed by atoms with Crippen molar-refractivity contribution >= 4 is 22.4 Å². The van der Waals surface area contributed by atoms with Crippen LogP contribution in [0.5, 0.6) is 0 Å². The first kappa shape index (κ1) is 16.8. The SMILES string of the molecule is CCN1CCc2c(cccc2Nc2nc(C(F)F)nc3ccccc23)C1. The number of aromatic nitrogens is 2. The van der Waals surface area contributed by atoms with Crippen LogP contribution in [0.25, 0.3) is 10.9 Å². The van der Waals surface area contributed by atoms with Crippen molar-refractivity contribution in [2.45, 2.75) is 26.3 Å². The molecule has 0 amide bonds. The van der Waals surface area contributed by atoms with Crippen LogP contribution >= 0.6 is 0 Å². The number of fused-ring (bicyclic) bond motifs is 2. The molecule has 0 fully saturated rings. The van der Waals surface area contributed by atoms with Crippen molar-refractivity contribution in [3.63, 3.8) is 0 Å². The van der Waals surface area contributed by atoms with E-state index in [2.05, 4.69) is 33.2 Å². The molecular weight excluding hydrogens is 334 g/mol. The van der Waals surface area contributed by atoms with E-state index < -0.39 is 12.2 Å². The van der Waals surface area contributed by atoms with Gasteiger partial charge >= 0.3 is 0 Å². The highest BCUT2D eigenvalue weighted by Gasteiger charge is 2.19. The van der Waals surface area contributed by atoms with Crippen molar-refractivity contribution in [3.05, 3.63) is 59.4 Å². The van der Waals surface area contributed by atoms with Gasteiger partial charge in [0.2, 0.25) is 0 Å². The lowest BCUT2D eigenvalue weighted by atomic mass is 9.97.